The Bertz CT molecular complexity index is 555. The number of rotatable bonds is 6. The van der Waals surface area contributed by atoms with Gasteiger partial charge in [-0.05, 0) is 17.6 Å². The first-order chi connectivity index (χ1) is 9.58. The molecule has 2 rings (SSSR count). The summed E-state index contributed by atoms with van der Waals surface area (Å²) >= 11 is 0. The topological polar surface area (TPSA) is 67.5 Å². The summed E-state index contributed by atoms with van der Waals surface area (Å²) in [5, 5.41) is 18.2. The number of imidazole rings is 1. The van der Waals surface area contributed by atoms with Gasteiger partial charge < -0.3 is 19.4 Å². The molecule has 1 aromatic carbocycles. The molecule has 2 N–H and O–H groups in total. The Morgan fingerprint density at radius 2 is 2.15 bits per heavy atom. The Hall–Kier alpha value is -1.79. The Balaban J connectivity index is 1.93. The van der Waals surface area contributed by atoms with Gasteiger partial charge in [0.05, 0.1) is 6.54 Å². The van der Waals surface area contributed by atoms with Crippen molar-refractivity contribution in [1.29, 1.82) is 0 Å². The van der Waals surface area contributed by atoms with E-state index in [1.54, 1.807) is 30.5 Å². The van der Waals surface area contributed by atoms with Crippen LogP contribution in [-0.2, 0) is 6.54 Å². The van der Waals surface area contributed by atoms with Gasteiger partial charge in [0.2, 0.25) is 0 Å². The monoisotopic (exact) mass is 274 g/mol. The molecular weight excluding hydrogens is 255 g/mol. The summed E-state index contributed by atoms with van der Waals surface area (Å²) in [4.78, 5) is 4.32. The third-order valence-electron chi connectivity index (χ3n) is 3.02. The van der Waals surface area contributed by atoms with Gasteiger partial charge >= 0.3 is 7.12 Å². The molecule has 0 aliphatic rings. The van der Waals surface area contributed by atoms with Gasteiger partial charge in [0.15, 0.2) is 0 Å². The van der Waals surface area contributed by atoms with Crippen molar-refractivity contribution in [2.45, 2.75) is 26.3 Å². The van der Waals surface area contributed by atoms with Crippen molar-refractivity contribution in [3.63, 3.8) is 0 Å². The van der Waals surface area contributed by atoms with Crippen molar-refractivity contribution in [1.82, 2.24) is 9.55 Å². The number of nitrogens with zero attached hydrogens (tertiary/aromatic N) is 2. The summed E-state index contributed by atoms with van der Waals surface area (Å²) in [5.74, 6) is 2.04. The minimum atomic E-state index is -1.47. The van der Waals surface area contributed by atoms with Crippen LogP contribution < -0.4 is 10.2 Å². The van der Waals surface area contributed by atoms with Crippen LogP contribution in [0.2, 0.25) is 0 Å². The van der Waals surface area contributed by atoms with Crippen LogP contribution in [0.5, 0.6) is 5.75 Å². The van der Waals surface area contributed by atoms with Crippen molar-refractivity contribution in [3.8, 4) is 5.75 Å². The molecule has 0 radical (unpaired) electrons. The van der Waals surface area contributed by atoms with Crippen molar-refractivity contribution in [3.05, 3.63) is 42.5 Å². The molecule has 6 heteroatoms. The first-order valence-electron chi connectivity index (χ1n) is 6.68. The molecule has 0 aliphatic heterocycles. The lowest BCUT2D eigenvalue weighted by molar-refractivity contribution is 0.295. The Morgan fingerprint density at radius 3 is 2.85 bits per heavy atom. The van der Waals surface area contributed by atoms with Crippen molar-refractivity contribution in [2.75, 3.05) is 6.61 Å². The first kappa shape index (κ1) is 14.6. The molecule has 0 fully saturated rings. The largest absolute Gasteiger partial charge is 0.492 e. The standard InChI is InChI=1S/C14H19BN2O3/c1-11(2)14-16-6-7-17(14)8-9-20-13-5-3-4-12(10-13)15(18)19/h3-7,10-11,18-19H,8-9H2,1-2H3. The van der Waals surface area contributed by atoms with Crippen molar-refractivity contribution < 1.29 is 14.8 Å². The van der Waals surface area contributed by atoms with Gasteiger partial charge in [-0.2, -0.15) is 0 Å². The quantitative estimate of drug-likeness (QED) is 0.763. The van der Waals surface area contributed by atoms with Gasteiger partial charge in [-0.3, -0.25) is 0 Å². The summed E-state index contributed by atoms with van der Waals surface area (Å²) in [6, 6.07) is 6.80. The molecule has 0 unspecified atom stereocenters. The van der Waals surface area contributed by atoms with Gasteiger partial charge in [-0.25, -0.2) is 4.98 Å². The van der Waals surface area contributed by atoms with Gasteiger partial charge in [0.1, 0.15) is 18.2 Å². The predicted molar refractivity (Wildman–Crippen MR) is 78.1 cm³/mol. The van der Waals surface area contributed by atoms with E-state index in [0.29, 0.717) is 30.3 Å². The Labute approximate surface area is 119 Å². The zero-order chi connectivity index (χ0) is 14.5. The van der Waals surface area contributed by atoms with Crippen LogP contribution in [0.1, 0.15) is 25.6 Å². The third kappa shape index (κ3) is 3.62. The first-order valence-corrected chi connectivity index (χ1v) is 6.68. The molecule has 106 valence electrons. The highest BCUT2D eigenvalue weighted by Crippen LogP contribution is 2.12. The fourth-order valence-electron chi connectivity index (χ4n) is 2.04. The molecule has 5 nitrogen and oxygen atoms in total. The molecule has 0 atom stereocenters. The van der Waals surface area contributed by atoms with E-state index in [9.17, 15) is 0 Å². The van der Waals surface area contributed by atoms with E-state index >= 15 is 0 Å². The van der Waals surface area contributed by atoms with Gasteiger partial charge in [0, 0.05) is 18.3 Å². The number of ether oxygens (including phenoxy) is 1. The summed E-state index contributed by atoms with van der Waals surface area (Å²) < 4.78 is 7.70. The Kier molecular flexibility index (Phi) is 4.81. The van der Waals surface area contributed by atoms with E-state index in [0.717, 1.165) is 5.82 Å². The second-order valence-corrected chi connectivity index (χ2v) is 4.93. The summed E-state index contributed by atoms with van der Waals surface area (Å²) in [7, 11) is -1.47. The zero-order valence-electron chi connectivity index (χ0n) is 11.7. The molecule has 1 aromatic heterocycles. The normalized spacial score (nSPS) is 10.8. The second kappa shape index (κ2) is 6.59. The van der Waals surface area contributed by atoms with Crippen LogP contribution in [0.4, 0.5) is 0 Å². The molecule has 0 amide bonds. The molecule has 0 saturated carbocycles. The van der Waals surface area contributed by atoms with Gasteiger partial charge in [-0.15, -0.1) is 0 Å². The van der Waals surface area contributed by atoms with Crippen LogP contribution in [0.15, 0.2) is 36.7 Å². The van der Waals surface area contributed by atoms with E-state index < -0.39 is 7.12 Å². The second-order valence-electron chi connectivity index (χ2n) is 4.93. The average molecular weight is 274 g/mol. The zero-order valence-corrected chi connectivity index (χ0v) is 11.7. The third-order valence-corrected chi connectivity index (χ3v) is 3.02. The lowest BCUT2D eigenvalue weighted by Crippen LogP contribution is -2.29. The smallest absolute Gasteiger partial charge is 0.488 e. The minimum absolute atomic E-state index is 0.373. The molecule has 1 heterocycles. The number of benzene rings is 1. The summed E-state index contributed by atoms with van der Waals surface area (Å²) in [6.45, 7) is 5.41. The fraction of sp³-hybridized carbons (Fsp3) is 0.357. The molecule has 2 aromatic rings. The summed E-state index contributed by atoms with van der Waals surface area (Å²) in [5.41, 5.74) is 0.424. The minimum Gasteiger partial charge on any atom is -0.492 e. The lowest BCUT2D eigenvalue weighted by Gasteiger charge is -2.12. The molecule has 0 saturated heterocycles. The molecule has 20 heavy (non-hydrogen) atoms. The highest BCUT2D eigenvalue weighted by molar-refractivity contribution is 6.58. The van der Waals surface area contributed by atoms with Crippen LogP contribution in [0.3, 0.4) is 0 Å². The lowest BCUT2D eigenvalue weighted by atomic mass is 9.80. The van der Waals surface area contributed by atoms with Crippen LogP contribution in [0.25, 0.3) is 0 Å². The predicted octanol–water partition coefficient (Wildman–Crippen LogP) is 0.765. The highest BCUT2D eigenvalue weighted by atomic mass is 16.5. The molecule has 0 bridgehead atoms. The molecular formula is C14H19BN2O3. The van der Waals surface area contributed by atoms with Crippen LogP contribution >= 0.6 is 0 Å². The maximum atomic E-state index is 9.11. The van der Waals surface area contributed by atoms with E-state index in [2.05, 4.69) is 23.4 Å². The summed E-state index contributed by atoms with van der Waals surface area (Å²) in [6.07, 6.45) is 3.73. The molecule has 0 aliphatic carbocycles. The van der Waals surface area contributed by atoms with E-state index in [4.69, 9.17) is 14.8 Å². The van der Waals surface area contributed by atoms with E-state index in [1.165, 1.54) is 0 Å². The van der Waals surface area contributed by atoms with Crippen LogP contribution in [-0.4, -0.2) is 33.3 Å². The highest BCUT2D eigenvalue weighted by Gasteiger charge is 2.11. The maximum absolute atomic E-state index is 9.11. The van der Waals surface area contributed by atoms with Crippen molar-refractivity contribution in [2.24, 2.45) is 0 Å². The van der Waals surface area contributed by atoms with Crippen LogP contribution in [0, 0.1) is 0 Å². The maximum Gasteiger partial charge on any atom is 0.488 e. The van der Waals surface area contributed by atoms with Crippen molar-refractivity contribution >= 4 is 12.6 Å². The fourth-order valence-corrected chi connectivity index (χ4v) is 2.04. The number of aromatic nitrogens is 2. The Morgan fingerprint density at radius 1 is 1.35 bits per heavy atom. The average Bonchev–Trinajstić information content (AvgIpc) is 2.87. The van der Waals surface area contributed by atoms with Gasteiger partial charge in [0.25, 0.3) is 0 Å². The van der Waals surface area contributed by atoms with E-state index in [1.807, 2.05) is 6.20 Å². The number of hydrogen-bond donors (Lipinski definition) is 2. The molecule has 0 spiro atoms. The SMILES string of the molecule is CC(C)c1nccn1CCOc1cccc(B(O)O)c1. The van der Waals surface area contributed by atoms with Gasteiger partial charge in [-0.1, -0.05) is 26.0 Å². The number of hydrogen-bond acceptors (Lipinski definition) is 4. The van der Waals surface area contributed by atoms with E-state index in [-0.39, 0.29) is 0 Å².